The van der Waals surface area contributed by atoms with Crippen molar-refractivity contribution in [2.75, 3.05) is 13.2 Å². The Morgan fingerprint density at radius 1 is 1.39 bits per heavy atom. The summed E-state index contributed by atoms with van der Waals surface area (Å²) in [6.07, 6.45) is 4.17. The van der Waals surface area contributed by atoms with Crippen molar-refractivity contribution in [2.24, 2.45) is 12.5 Å². The number of ether oxygens (including phenoxy) is 1. The minimum absolute atomic E-state index is 0.0508. The van der Waals surface area contributed by atoms with Gasteiger partial charge in [0.25, 0.3) is 0 Å². The maximum atomic E-state index is 9.11. The first-order chi connectivity index (χ1) is 10.9. The minimum atomic E-state index is 0.0508. The molecular formula is C17H26N4O2. The number of nitrogens with one attached hydrogen (secondary N) is 1. The van der Waals surface area contributed by atoms with Gasteiger partial charge < -0.3 is 15.2 Å². The molecule has 2 rings (SSSR count). The van der Waals surface area contributed by atoms with Crippen LogP contribution in [0.4, 0.5) is 0 Å². The highest BCUT2D eigenvalue weighted by molar-refractivity contribution is 5.34. The van der Waals surface area contributed by atoms with E-state index < -0.39 is 0 Å². The first kappa shape index (κ1) is 17.4. The SMILES string of the molecule is Cc1nn(C)c(Oc2cccnc2)c1CNCC(C)(C)CCO. The number of aromatic nitrogens is 3. The summed E-state index contributed by atoms with van der Waals surface area (Å²) >= 11 is 0. The molecule has 0 atom stereocenters. The quantitative estimate of drug-likeness (QED) is 0.782. The van der Waals surface area contributed by atoms with Gasteiger partial charge in [-0.2, -0.15) is 5.10 Å². The highest BCUT2D eigenvalue weighted by Gasteiger charge is 2.19. The summed E-state index contributed by atoms with van der Waals surface area (Å²) in [5.74, 6) is 1.42. The van der Waals surface area contributed by atoms with Crippen molar-refractivity contribution >= 4 is 0 Å². The van der Waals surface area contributed by atoms with Gasteiger partial charge in [-0.1, -0.05) is 13.8 Å². The number of aliphatic hydroxyl groups is 1. The molecule has 0 aliphatic rings. The van der Waals surface area contributed by atoms with Gasteiger partial charge >= 0.3 is 0 Å². The number of hydrogen-bond donors (Lipinski definition) is 2. The standard InChI is InChI=1S/C17H26N4O2/c1-13-15(11-19-12-17(2,3)7-9-22)16(21(4)20-13)23-14-6-5-8-18-10-14/h5-6,8,10,19,22H,7,9,11-12H2,1-4H3. The van der Waals surface area contributed by atoms with Gasteiger partial charge in [0, 0.05) is 32.9 Å². The normalized spacial score (nSPS) is 11.7. The van der Waals surface area contributed by atoms with E-state index in [-0.39, 0.29) is 12.0 Å². The lowest BCUT2D eigenvalue weighted by Crippen LogP contribution is -2.30. The second-order valence-corrected chi connectivity index (χ2v) is 6.52. The van der Waals surface area contributed by atoms with Gasteiger partial charge in [-0.3, -0.25) is 4.98 Å². The molecule has 2 N–H and O–H groups in total. The summed E-state index contributed by atoms with van der Waals surface area (Å²) in [6.45, 7) is 7.94. The fraction of sp³-hybridized carbons (Fsp3) is 0.529. The van der Waals surface area contributed by atoms with Gasteiger partial charge in [-0.05, 0) is 30.9 Å². The van der Waals surface area contributed by atoms with Crippen LogP contribution in [-0.4, -0.2) is 33.0 Å². The fourth-order valence-corrected chi connectivity index (χ4v) is 2.45. The van der Waals surface area contributed by atoms with Crippen molar-refractivity contribution in [1.29, 1.82) is 0 Å². The molecule has 0 fully saturated rings. The molecule has 0 unspecified atom stereocenters. The Hall–Kier alpha value is -1.92. The Kier molecular flexibility index (Phi) is 5.74. The number of pyridine rings is 1. The van der Waals surface area contributed by atoms with Crippen LogP contribution in [0.2, 0.25) is 0 Å². The lowest BCUT2D eigenvalue weighted by atomic mass is 9.90. The average Bonchev–Trinajstić information content (AvgIpc) is 2.75. The molecule has 6 nitrogen and oxygen atoms in total. The lowest BCUT2D eigenvalue weighted by Gasteiger charge is -2.24. The van der Waals surface area contributed by atoms with Crippen molar-refractivity contribution in [1.82, 2.24) is 20.1 Å². The van der Waals surface area contributed by atoms with E-state index in [1.165, 1.54) is 0 Å². The highest BCUT2D eigenvalue weighted by atomic mass is 16.5. The molecule has 0 saturated carbocycles. The number of aryl methyl sites for hydroxylation is 2. The average molecular weight is 318 g/mol. The Balaban J connectivity index is 2.07. The zero-order chi connectivity index (χ0) is 16.9. The molecule has 126 valence electrons. The Bertz CT molecular complexity index is 623. The van der Waals surface area contributed by atoms with E-state index in [1.807, 2.05) is 26.1 Å². The molecule has 0 saturated heterocycles. The van der Waals surface area contributed by atoms with Crippen LogP contribution >= 0.6 is 0 Å². The van der Waals surface area contributed by atoms with Crippen molar-refractivity contribution in [2.45, 2.75) is 33.7 Å². The molecular weight excluding hydrogens is 292 g/mol. The van der Waals surface area contributed by atoms with E-state index in [0.29, 0.717) is 12.3 Å². The summed E-state index contributed by atoms with van der Waals surface area (Å²) in [4.78, 5) is 4.07. The molecule has 0 radical (unpaired) electrons. The predicted octanol–water partition coefficient (Wildman–Crippen LogP) is 2.41. The van der Waals surface area contributed by atoms with Crippen molar-refractivity contribution in [3.63, 3.8) is 0 Å². The minimum Gasteiger partial charge on any atom is -0.437 e. The monoisotopic (exact) mass is 318 g/mol. The number of rotatable bonds is 8. The molecule has 2 aromatic heterocycles. The lowest BCUT2D eigenvalue weighted by molar-refractivity contribution is 0.207. The zero-order valence-corrected chi connectivity index (χ0v) is 14.3. The molecule has 0 aromatic carbocycles. The van der Waals surface area contributed by atoms with E-state index in [1.54, 1.807) is 17.1 Å². The Labute approximate surface area is 137 Å². The van der Waals surface area contributed by atoms with Crippen molar-refractivity contribution in [3.05, 3.63) is 35.8 Å². The number of hydrogen-bond acceptors (Lipinski definition) is 5. The molecule has 6 heteroatoms. The second kappa shape index (κ2) is 7.57. The molecule has 2 aromatic rings. The van der Waals surface area contributed by atoms with Crippen LogP contribution in [-0.2, 0) is 13.6 Å². The fourth-order valence-electron chi connectivity index (χ4n) is 2.45. The molecule has 0 bridgehead atoms. The molecule has 23 heavy (non-hydrogen) atoms. The maximum Gasteiger partial charge on any atom is 0.222 e. The smallest absolute Gasteiger partial charge is 0.222 e. The maximum absolute atomic E-state index is 9.11. The van der Waals surface area contributed by atoms with E-state index in [4.69, 9.17) is 9.84 Å². The van der Waals surface area contributed by atoms with Crippen LogP contribution in [0, 0.1) is 12.3 Å². The predicted molar refractivity (Wildman–Crippen MR) is 89.4 cm³/mol. The van der Waals surface area contributed by atoms with Crippen LogP contribution in [0.25, 0.3) is 0 Å². The summed E-state index contributed by atoms with van der Waals surface area (Å²) in [5, 5.41) is 17.0. The van der Waals surface area contributed by atoms with Crippen LogP contribution in [0.1, 0.15) is 31.5 Å². The van der Waals surface area contributed by atoms with Gasteiger partial charge in [0.15, 0.2) is 0 Å². The molecule has 0 spiro atoms. The third-order valence-electron chi connectivity index (χ3n) is 3.83. The van der Waals surface area contributed by atoms with E-state index >= 15 is 0 Å². The third-order valence-corrected chi connectivity index (χ3v) is 3.83. The van der Waals surface area contributed by atoms with Gasteiger partial charge in [0.1, 0.15) is 5.75 Å². The molecule has 0 aliphatic heterocycles. The van der Waals surface area contributed by atoms with E-state index in [9.17, 15) is 0 Å². The van der Waals surface area contributed by atoms with Gasteiger partial charge in [0.05, 0.1) is 17.5 Å². The second-order valence-electron chi connectivity index (χ2n) is 6.52. The highest BCUT2D eigenvalue weighted by Crippen LogP contribution is 2.27. The van der Waals surface area contributed by atoms with Crippen LogP contribution in [0.5, 0.6) is 11.6 Å². The Morgan fingerprint density at radius 3 is 2.83 bits per heavy atom. The number of nitrogens with zero attached hydrogens (tertiary/aromatic N) is 3. The van der Waals surface area contributed by atoms with E-state index in [2.05, 4.69) is 29.2 Å². The summed E-state index contributed by atoms with van der Waals surface area (Å²) in [6, 6.07) is 3.71. The third kappa shape index (κ3) is 4.77. The largest absolute Gasteiger partial charge is 0.437 e. The van der Waals surface area contributed by atoms with Gasteiger partial charge in [-0.15, -0.1) is 0 Å². The first-order valence-electron chi connectivity index (χ1n) is 7.85. The summed E-state index contributed by atoms with van der Waals surface area (Å²) in [7, 11) is 1.87. The van der Waals surface area contributed by atoms with Gasteiger partial charge in [-0.25, -0.2) is 4.68 Å². The molecule has 2 heterocycles. The van der Waals surface area contributed by atoms with Crippen LogP contribution in [0.3, 0.4) is 0 Å². The van der Waals surface area contributed by atoms with Crippen LogP contribution < -0.4 is 10.1 Å². The Morgan fingerprint density at radius 2 is 2.17 bits per heavy atom. The first-order valence-corrected chi connectivity index (χ1v) is 7.85. The van der Waals surface area contributed by atoms with Crippen LogP contribution in [0.15, 0.2) is 24.5 Å². The summed E-state index contributed by atoms with van der Waals surface area (Å²) < 4.78 is 7.70. The number of aliphatic hydroxyl groups excluding tert-OH is 1. The molecule has 0 amide bonds. The van der Waals surface area contributed by atoms with Gasteiger partial charge in [0.2, 0.25) is 5.88 Å². The molecule has 0 aliphatic carbocycles. The summed E-state index contributed by atoms with van der Waals surface area (Å²) in [5.41, 5.74) is 2.03. The van der Waals surface area contributed by atoms with E-state index in [0.717, 1.165) is 30.1 Å². The van der Waals surface area contributed by atoms with Crippen molar-refractivity contribution < 1.29 is 9.84 Å². The topological polar surface area (TPSA) is 72.2 Å². The zero-order valence-electron chi connectivity index (χ0n) is 14.3. The van der Waals surface area contributed by atoms with Crippen molar-refractivity contribution in [3.8, 4) is 11.6 Å².